The highest BCUT2D eigenvalue weighted by molar-refractivity contribution is 5.85. The highest BCUT2D eigenvalue weighted by Crippen LogP contribution is 2.22. The summed E-state index contributed by atoms with van der Waals surface area (Å²) in [6.07, 6.45) is 3.42. The molecule has 0 aliphatic carbocycles. The Morgan fingerprint density at radius 1 is 1.30 bits per heavy atom. The van der Waals surface area contributed by atoms with E-state index in [1.165, 1.54) is 12.1 Å². The molecule has 27 heavy (non-hydrogen) atoms. The van der Waals surface area contributed by atoms with Crippen LogP contribution in [0.3, 0.4) is 0 Å². The zero-order valence-electron chi connectivity index (χ0n) is 14.4. The molecule has 4 rings (SSSR count). The molecule has 1 aliphatic heterocycles. The Kier molecular flexibility index (Phi) is 4.66. The minimum Gasteiger partial charge on any atom is -0.545 e. The van der Waals surface area contributed by atoms with E-state index in [0.717, 1.165) is 16.0 Å². The first-order chi connectivity index (χ1) is 13.1. The van der Waals surface area contributed by atoms with E-state index in [9.17, 15) is 15.0 Å². The number of carboxylic acid groups (broad SMARTS) is 1. The quantitative estimate of drug-likeness (QED) is 0.618. The molecule has 1 fully saturated rings. The molecule has 1 unspecified atom stereocenters. The lowest BCUT2D eigenvalue weighted by Crippen LogP contribution is -3.09. The molecule has 3 heterocycles. The summed E-state index contributed by atoms with van der Waals surface area (Å²) in [7, 11) is 0. The second-order valence-electron chi connectivity index (χ2n) is 6.66. The predicted molar refractivity (Wildman–Crippen MR) is 91.2 cm³/mol. The van der Waals surface area contributed by atoms with Crippen LogP contribution >= 0.6 is 0 Å². The van der Waals surface area contributed by atoms with Crippen molar-refractivity contribution in [3.63, 3.8) is 0 Å². The first-order valence-electron chi connectivity index (χ1n) is 8.67. The molecule has 8 heteroatoms. The van der Waals surface area contributed by atoms with Crippen LogP contribution in [0.25, 0.3) is 11.4 Å². The van der Waals surface area contributed by atoms with Crippen molar-refractivity contribution in [1.82, 2.24) is 15.1 Å². The van der Waals surface area contributed by atoms with E-state index in [1.807, 2.05) is 6.07 Å². The fourth-order valence-corrected chi connectivity index (χ4v) is 3.45. The summed E-state index contributed by atoms with van der Waals surface area (Å²) in [5.74, 6) is -0.249. The molecule has 2 N–H and O–H groups in total. The van der Waals surface area contributed by atoms with E-state index in [-0.39, 0.29) is 11.6 Å². The number of carboxylic acids is 1. The lowest BCUT2D eigenvalue weighted by atomic mass is 10.1. The highest BCUT2D eigenvalue weighted by Gasteiger charge is 2.40. The number of pyridine rings is 1. The molecule has 0 bridgehead atoms. The summed E-state index contributed by atoms with van der Waals surface area (Å²) in [5.41, 5.74) is 1.87. The van der Waals surface area contributed by atoms with Crippen molar-refractivity contribution in [2.24, 2.45) is 0 Å². The van der Waals surface area contributed by atoms with Gasteiger partial charge in [0.1, 0.15) is 19.2 Å². The number of rotatable bonds is 5. The van der Waals surface area contributed by atoms with Gasteiger partial charge in [-0.1, -0.05) is 29.4 Å². The third kappa shape index (κ3) is 3.71. The number of aromatic carboxylic acids is 1. The number of hydrogen-bond donors (Lipinski definition) is 2. The van der Waals surface area contributed by atoms with Gasteiger partial charge < -0.3 is 24.4 Å². The van der Waals surface area contributed by atoms with Gasteiger partial charge in [-0.05, 0) is 17.7 Å². The molecule has 1 aliphatic rings. The van der Waals surface area contributed by atoms with Gasteiger partial charge in [0.05, 0.1) is 5.97 Å². The summed E-state index contributed by atoms with van der Waals surface area (Å²) in [4.78, 5) is 20.5. The van der Waals surface area contributed by atoms with Crippen LogP contribution < -0.4 is 10.0 Å². The van der Waals surface area contributed by atoms with Crippen LogP contribution in [-0.2, 0) is 6.54 Å². The number of hydrogen-bond acceptors (Lipinski definition) is 7. The SMILES string of the molecule is O=C([O-])c1ccc(C[NH+]2C[C@H](O)C[C@H]2c2nc(-c3cccnc3)no2)cc1. The standard InChI is InChI=1S/C19H18N4O4/c24-15-8-16(18-21-17(22-27-18)14-2-1-7-20-9-14)23(11-15)10-12-3-5-13(6-4-12)19(25)26/h1-7,9,15-16,24H,8,10-11H2,(H,25,26)/t15-,16+/m1/s1. The number of aromatic nitrogens is 3. The van der Waals surface area contributed by atoms with Crippen LogP contribution in [0.2, 0.25) is 0 Å². The lowest BCUT2D eigenvalue weighted by molar-refractivity contribution is -0.934. The number of quaternary nitrogens is 1. The summed E-state index contributed by atoms with van der Waals surface area (Å²) in [6.45, 7) is 1.16. The molecule has 8 nitrogen and oxygen atoms in total. The topological polar surface area (TPSA) is 117 Å². The van der Waals surface area contributed by atoms with Gasteiger partial charge in [0.15, 0.2) is 6.04 Å². The van der Waals surface area contributed by atoms with Crippen molar-refractivity contribution in [3.8, 4) is 11.4 Å². The molecule has 1 aromatic carbocycles. The van der Waals surface area contributed by atoms with E-state index in [4.69, 9.17) is 4.52 Å². The number of nitrogens with zero attached hydrogens (tertiary/aromatic N) is 3. The van der Waals surface area contributed by atoms with Crippen molar-refractivity contribution >= 4 is 5.97 Å². The molecule has 3 aromatic rings. The monoisotopic (exact) mass is 366 g/mol. The second kappa shape index (κ2) is 7.26. The second-order valence-corrected chi connectivity index (χ2v) is 6.66. The number of aliphatic hydroxyl groups excluding tert-OH is 1. The fourth-order valence-electron chi connectivity index (χ4n) is 3.45. The average molecular weight is 366 g/mol. The van der Waals surface area contributed by atoms with Gasteiger partial charge in [0.25, 0.3) is 5.89 Å². The van der Waals surface area contributed by atoms with Gasteiger partial charge in [0, 0.05) is 29.9 Å². The molecule has 0 saturated carbocycles. The van der Waals surface area contributed by atoms with Crippen LogP contribution in [-0.4, -0.2) is 38.8 Å². The number of benzene rings is 1. The number of likely N-dealkylation sites (tertiary alicyclic amines) is 1. The smallest absolute Gasteiger partial charge is 0.285 e. The third-order valence-corrected chi connectivity index (χ3v) is 4.78. The van der Waals surface area contributed by atoms with Gasteiger partial charge in [-0.15, -0.1) is 0 Å². The number of carbonyl (C=O) groups is 1. The summed E-state index contributed by atoms with van der Waals surface area (Å²) in [6, 6.07) is 10.1. The zero-order chi connectivity index (χ0) is 18.8. The zero-order valence-corrected chi connectivity index (χ0v) is 14.4. The first kappa shape index (κ1) is 17.3. The van der Waals surface area contributed by atoms with E-state index < -0.39 is 12.1 Å². The van der Waals surface area contributed by atoms with Crippen LogP contribution in [0, 0.1) is 0 Å². The molecule has 0 radical (unpaired) electrons. The lowest BCUT2D eigenvalue weighted by Gasteiger charge is -2.18. The summed E-state index contributed by atoms with van der Waals surface area (Å²) >= 11 is 0. The molecule has 0 spiro atoms. The predicted octanol–water partition coefficient (Wildman–Crippen LogP) is -0.614. The van der Waals surface area contributed by atoms with Crippen LogP contribution in [0.5, 0.6) is 0 Å². The largest absolute Gasteiger partial charge is 0.545 e. The fraction of sp³-hybridized carbons (Fsp3) is 0.263. The van der Waals surface area contributed by atoms with Crippen molar-refractivity contribution in [1.29, 1.82) is 0 Å². The Labute approximate surface area is 155 Å². The summed E-state index contributed by atoms with van der Waals surface area (Å²) < 4.78 is 5.46. The minimum atomic E-state index is -1.20. The Morgan fingerprint density at radius 2 is 2.11 bits per heavy atom. The van der Waals surface area contributed by atoms with Crippen molar-refractivity contribution in [3.05, 3.63) is 65.8 Å². The normalized spacial score (nSPS) is 22.0. The Morgan fingerprint density at radius 3 is 2.81 bits per heavy atom. The van der Waals surface area contributed by atoms with Gasteiger partial charge in [-0.25, -0.2) is 0 Å². The van der Waals surface area contributed by atoms with Crippen LogP contribution in [0.15, 0.2) is 53.3 Å². The van der Waals surface area contributed by atoms with Gasteiger partial charge in [-0.2, -0.15) is 4.98 Å². The molecular formula is C19H18N4O4. The molecule has 138 valence electrons. The Hall–Kier alpha value is -3.10. The number of nitrogens with one attached hydrogen (secondary N) is 1. The van der Waals surface area contributed by atoms with Gasteiger partial charge in [0.2, 0.25) is 5.82 Å². The Bertz CT molecular complexity index is 926. The van der Waals surface area contributed by atoms with Crippen molar-refractivity contribution < 1.29 is 24.4 Å². The molecule has 0 amide bonds. The maximum Gasteiger partial charge on any atom is 0.285 e. The number of carbonyl (C=O) groups excluding carboxylic acids is 1. The molecule has 1 saturated heterocycles. The van der Waals surface area contributed by atoms with Crippen LogP contribution in [0.4, 0.5) is 0 Å². The molecular weight excluding hydrogens is 348 g/mol. The Balaban J connectivity index is 1.53. The van der Waals surface area contributed by atoms with Gasteiger partial charge >= 0.3 is 0 Å². The maximum atomic E-state index is 10.9. The highest BCUT2D eigenvalue weighted by atomic mass is 16.5. The third-order valence-electron chi connectivity index (χ3n) is 4.78. The van der Waals surface area contributed by atoms with Gasteiger partial charge in [-0.3, -0.25) is 4.98 Å². The van der Waals surface area contributed by atoms with E-state index in [1.54, 1.807) is 30.6 Å². The van der Waals surface area contributed by atoms with Crippen LogP contribution in [0.1, 0.15) is 34.3 Å². The average Bonchev–Trinajstić information content (AvgIpc) is 3.29. The minimum absolute atomic E-state index is 0.126. The van der Waals surface area contributed by atoms with Crippen molar-refractivity contribution in [2.45, 2.75) is 25.1 Å². The molecule has 3 atom stereocenters. The van der Waals surface area contributed by atoms with Crippen molar-refractivity contribution in [2.75, 3.05) is 6.54 Å². The van der Waals surface area contributed by atoms with E-state index in [2.05, 4.69) is 15.1 Å². The first-order valence-corrected chi connectivity index (χ1v) is 8.67. The molecule has 2 aromatic heterocycles. The van der Waals surface area contributed by atoms with E-state index >= 15 is 0 Å². The summed E-state index contributed by atoms with van der Waals surface area (Å²) in [5, 5.41) is 25.1. The van der Waals surface area contributed by atoms with E-state index in [0.29, 0.717) is 31.2 Å². The number of aliphatic hydroxyl groups is 1. The maximum absolute atomic E-state index is 10.9.